The molecule has 0 radical (unpaired) electrons. The molecule has 4 heterocycles. The molecule has 0 saturated carbocycles. The molecule has 45 heavy (non-hydrogen) atoms. The molecule has 5 heteroatoms. The average molecular weight is 578 g/mol. The van der Waals surface area contributed by atoms with Gasteiger partial charge in [-0.1, -0.05) is 97.1 Å². The predicted molar refractivity (Wildman–Crippen MR) is 182 cm³/mol. The summed E-state index contributed by atoms with van der Waals surface area (Å²) in [5.41, 5.74) is 9.10. The minimum Gasteiger partial charge on any atom is -0.456 e. The van der Waals surface area contributed by atoms with E-state index in [9.17, 15) is 0 Å². The van der Waals surface area contributed by atoms with Crippen LogP contribution in [0.3, 0.4) is 0 Å². The lowest BCUT2D eigenvalue weighted by molar-refractivity contribution is 0.653. The van der Waals surface area contributed by atoms with Crippen LogP contribution in [0, 0.1) is 0 Å². The highest BCUT2D eigenvalue weighted by atomic mass is 16.3. The van der Waals surface area contributed by atoms with Crippen molar-refractivity contribution in [1.82, 2.24) is 14.5 Å². The lowest BCUT2D eigenvalue weighted by Gasteiger charge is -2.14. The van der Waals surface area contributed by atoms with Gasteiger partial charge in [0.15, 0.2) is 5.82 Å². The van der Waals surface area contributed by atoms with Crippen LogP contribution in [0.2, 0.25) is 0 Å². The Bertz CT molecular complexity index is 2770. The van der Waals surface area contributed by atoms with E-state index >= 15 is 0 Å². The van der Waals surface area contributed by atoms with Crippen LogP contribution >= 0.6 is 0 Å². The van der Waals surface area contributed by atoms with Crippen LogP contribution in [0.4, 0.5) is 0 Å². The van der Waals surface area contributed by atoms with Crippen molar-refractivity contribution < 1.29 is 8.83 Å². The molecule has 0 atom stereocenters. The largest absolute Gasteiger partial charge is 0.456 e. The molecule has 5 nitrogen and oxygen atoms in total. The maximum absolute atomic E-state index is 6.36. The SMILES string of the molecule is c1ccc(-c2nc(-c3ccccc3-n3c4ccccc4c4c5c(ccc43)oc3ccccc35)nc3oc4ccccc4c23)cc1. The number of benzene rings is 6. The van der Waals surface area contributed by atoms with Crippen LogP contribution in [0.25, 0.3) is 94.1 Å². The summed E-state index contributed by atoms with van der Waals surface area (Å²) < 4.78 is 15.0. The van der Waals surface area contributed by atoms with Crippen molar-refractivity contribution in [3.8, 4) is 28.3 Å². The third kappa shape index (κ3) is 3.43. The van der Waals surface area contributed by atoms with Crippen molar-refractivity contribution in [1.29, 1.82) is 0 Å². The first kappa shape index (κ1) is 24.3. The third-order valence-corrected chi connectivity index (χ3v) is 8.85. The van der Waals surface area contributed by atoms with Crippen molar-refractivity contribution in [2.24, 2.45) is 0 Å². The van der Waals surface area contributed by atoms with Crippen LogP contribution in [0.5, 0.6) is 0 Å². The Hall–Kier alpha value is -6.20. The quantitative estimate of drug-likeness (QED) is 0.210. The third-order valence-electron chi connectivity index (χ3n) is 8.85. The molecule has 0 aliphatic rings. The number of rotatable bonds is 3. The van der Waals surface area contributed by atoms with Gasteiger partial charge in [0.25, 0.3) is 0 Å². The predicted octanol–water partition coefficient (Wildman–Crippen LogP) is 10.7. The van der Waals surface area contributed by atoms with Gasteiger partial charge in [-0.05, 0) is 42.5 Å². The Labute approximate surface area is 256 Å². The average Bonchev–Trinajstić information content (AvgIpc) is 3.77. The molecule has 210 valence electrons. The monoisotopic (exact) mass is 577 g/mol. The zero-order valence-electron chi connectivity index (χ0n) is 23.9. The lowest BCUT2D eigenvalue weighted by Crippen LogP contribution is -2.00. The molecule has 0 spiro atoms. The minimum absolute atomic E-state index is 0.573. The molecular formula is C40H23N3O2. The second-order valence-electron chi connectivity index (χ2n) is 11.3. The van der Waals surface area contributed by atoms with Gasteiger partial charge in [-0.25, -0.2) is 4.98 Å². The minimum atomic E-state index is 0.573. The first-order valence-electron chi connectivity index (χ1n) is 15.0. The molecule has 0 unspecified atom stereocenters. The van der Waals surface area contributed by atoms with Gasteiger partial charge in [0, 0.05) is 38.1 Å². The molecule has 0 N–H and O–H groups in total. The van der Waals surface area contributed by atoms with Gasteiger partial charge in [-0.2, -0.15) is 4.98 Å². The summed E-state index contributed by atoms with van der Waals surface area (Å²) in [5.74, 6) is 0.608. The van der Waals surface area contributed by atoms with Gasteiger partial charge in [0.2, 0.25) is 5.71 Å². The molecule has 0 fully saturated rings. The highest BCUT2D eigenvalue weighted by Gasteiger charge is 2.23. The second kappa shape index (κ2) is 9.15. The van der Waals surface area contributed by atoms with Crippen LogP contribution < -0.4 is 0 Å². The van der Waals surface area contributed by atoms with Gasteiger partial charge in [0.1, 0.15) is 16.7 Å². The van der Waals surface area contributed by atoms with E-state index in [0.29, 0.717) is 11.5 Å². The van der Waals surface area contributed by atoms with Gasteiger partial charge >= 0.3 is 0 Å². The number of hydrogen-bond donors (Lipinski definition) is 0. The summed E-state index contributed by atoms with van der Waals surface area (Å²) >= 11 is 0. The summed E-state index contributed by atoms with van der Waals surface area (Å²) in [6.07, 6.45) is 0. The van der Waals surface area contributed by atoms with Crippen molar-refractivity contribution >= 4 is 65.8 Å². The number of para-hydroxylation sites is 4. The first-order chi connectivity index (χ1) is 22.3. The number of aromatic nitrogens is 3. The second-order valence-corrected chi connectivity index (χ2v) is 11.3. The Balaban J connectivity index is 1.31. The zero-order chi connectivity index (χ0) is 29.5. The molecule has 0 bridgehead atoms. The van der Waals surface area contributed by atoms with Crippen LogP contribution in [0.1, 0.15) is 0 Å². The number of hydrogen-bond acceptors (Lipinski definition) is 4. The van der Waals surface area contributed by atoms with E-state index in [4.69, 9.17) is 18.8 Å². The molecule has 10 aromatic rings. The van der Waals surface area contributed by atoms with E-state index in [1.54, 1.807) is 0 Å². The maximum atomic E-state index is 6.36. The maximum Gasteiger partial charge on any atom is 0.231 e. The summed E-state index contributed by atoms with van der Waals surface area (Å²) in [6.45, 7) is 0. The van der Waals surface area contributed by atoms with E-state index < -0.39 is 0 Å². The van der Waals surface area contributed by atoms with Crippen LogP contribution in [0.15, 0.2) is 148 Å². The van der Waals surface area contributed by atoms with Crippen molar-refractivity contribution in [2.45, 2.75) is 0 Å². The van der Waals surface area contributed by atoms with Crippen molar-refractivity contribution in [2.75, 3.05) is 0 Å². The van der Waals surface area contributed by atoms with Gasteiger partial charge in [-0.15, -0.1) is 0 Å². The van der Waals surface area contributed by atoms with E-state index in [2.05, 4.69) is 89.5 Å². The number of nitrogens with zero attached hydrogens (tertiary/aromatic N) is 3. The molecule has 10 rings (SSSR count). The fourth-order valence-corrected chi connectivity index (χ4v) is 6.94. The normalized spacial score (nSPS) is 12.0. The van der Waals surface area contributed by atoms with E-state index in [1.807, 2.05) is 54.6 Å². The molecular weight excluding hydrogens is 554 g/mol. The molecule has 4 aromatic heterocycles. The van der Waals surface area contributed by atoms with E-state index in [0.717, 1.165) is 77.2 Å². The summed E-state index contributed by atoms with van der Waals surface area (Å²) in [4.78, 5) is 10.4. The van der Waals surface area contributed by atoms with Crippen LogP contribution in [-0.2, 0) is 0 Å². The first-order valence-corrected chi connectivity index (χ1v) is 15.0. The molecule has 0 saturated heterocycles. The molecule has 0 aliphatic carbocycles. The fraction of sp³-hybridized carbons (Fsp3) is 0. The Morgan fingerprint density at radius 3 is 1.96 bits per heavy atom. The van der Waals surface area contributed by atoms with Crippen molar-refractivity contribution in [3.05, 3.63) is 140 Å². The van der Waals surface area contributed by atoms with E-state index in [-0.39, 0.29) is 0 Å². The lowest BCUT2D eigenvalue weighted by atomic mass is 10.1. The highest BCUT2D eigenvalue weighted by Crippen LogP contribution is 2.43. The Morgan fingerprint density at radius 2 is 1.11 bits per heavy atom. The number of furan rings is 2. The standard InChI is InChI=1S/C40H23N3O2/c1-2-12-24(13-3-1)38-37-28-17-7-11-21-33(28)45-40(37)42-39(41-38)26-15-5-9-19-30(26)43-29-18-8-4-14-25(29)35-31(43)22-23-34-36(35)27-16-6-10-20-32(27)44-34/h1-23H. The molecule has 0 amide bonds. The smallest absolute Gasteiger partial charge is 0.231 e. The summed E-state index contributed by atoms with van der Waals surface area (Å²) in [6, 6.07) is 47.8. The Morgan fingerprint density at radius 1 is 0.444 bits per heavy atom. The van der Waals surface area contributed by atoms with E-state index in [1.165, 1.54) is 5.39 Å². The van der Waals surface area contributed by atoms with Gasteiger partial charge in [-0.3, -0.25) is 0 Å². The van der Waals surface area contributed by atoms with Gasteiger partial charge in [0.05, 0.1) is 27.8 Å². The highest BCUT2D eigenvalue weighted by molar-refractivity contribution is 6.27. The summed E-state index contributed by atoms with van der Waals surface area (Å²) in [5, 5.41) is 6.50. The number of fused-ring (bicyclic) bond motifs is 10. The Kier molecular flexibility index (Phi) is 4.93. The molecule has 0 aliphatic heterocycles. The topological polar surface area (TPSA) is 57.0 Å². The summed E-state index contributed by atoms with van der Waals surface area (Å²) in [7, 11) is 0. The molecule has 6 aromatic carbocycles. The van der Waals surface area contributed by atoms with Gasteiger partial charge < -0.3 is 13.4 Å². The zero-order valence-corrected chi connectivity index (χ0v) is 23.9. The van der Waals surface area contributed by atoms with Crippen LogP contribution in [-0.4, -0.2) is 14.5 Å². The fourth-order valence-electron chi connectivity index (χ4n) is 6.94. The van der Waals surface area contributed by atoms with Crippen molar-refractivity contribution in [3.63, 3.8) is 0 Å².